The SMILES string of the molecule is CC/C=C\C/C=C\C/C=C\C/C=C\CCC(=O)OC(COCCCCCCCCCC/C=C\CCCCCCCCC)COC1OC(COC2OC(CO)C(O)C(O)C2O)C(O)C(O)C1O. The fraction of sp³-hybridized carbons (Fsp3) is 0.788. The predicted molar refractivity (Wildman–Crippen MR) is 256 cm³/mol. The van der Waals surface area contributed by atoms with E-state index in [-0.39, 0.29) is 19.6 Å². The van der Waals surface area contributed by atoms with Gasteiger partial charge in [0.25, 0.3) is 0 Å². The molecular weight excluding hydrogens is 849 g/mol. The van der Waals surface area contributed by atoms with E-state index in [1.165, 1.54) is 89.9 Å². The highest BCUT2D eigenvalue weighted by atomic mass is 16.7. The van der Waals surface area contributed by atoms with E-state index in [1.807, 2.05) is 12.2 Å². The van der Waals surface area contributed by atoms with Gasteiger partial charge >= 0.3 is 5.97 Å². The van der Waals surface area contributed by atoms with Crippen molar-refractivity contribution in [2.45, 2.75) is 229 Å². The smallest absolute Gasteiger partial charge is 0.306 e. The Hall–Kier alpha value is -2.31. The summed E-state index contributed by atoms with van der Waals surface area (Å²) in [7, 11) is 0. The van der Waals surface area contributed by atoms with E-state index in [4.69, 9.17) is 28.4 Å². The van der Waals surface area contributed by atoms with Gasteiger partial charge in [-0.2, -0.15) is 0 Å². The number of hydrogen-bond donors (Lipinski definition) is 7. The van der Waals surface area contributed by atoms with E-state index < -0.39 is 86.7 Å². The molecule has 2 rings (SSSR count). The van der Waals surface area contributed by atoms with Gasteiger partial charge in [0.05, 0.1) is 26.4 Å². The van der Waals surface area contributed by atoms with Gasteiger partial charge in [0, 0.05) is 13.0 Å². The lowest BCUT2D eigenvalue weighted by Gasteiger charge is -2.42. The summed E-state index contributed by atoms with van der Waals surface area (Å²) in [6, 6.07) is 0. The monoisotopic (exact) mass is 939 g/mol. The van der Waals surface area contributed by atoms with Crippen LogP contribution < -0.4 is 0 Å². The Labute approximate surface area is 396 Å². The van der Waals surface area contributed by atoms with Crippen LogP contribution in [0.15, 0.2) is 60.8 Å². The molecule has 0 aromatic rings. The summed E-state index contributed by atoms with van der Waals surface area (Å²) in [6.45, 7) is 3.45. The fourth-order valence-corrected chi connectivity index (χ4v) is 7.65. The van der Waals surface area contributed by atoms with Crippen molar-refractivity contribution in [3.05, 3.63) is 60.8 Å². The lowest BCUT2D eigenvalue weighted by molar-refractivity contribution is -0.332. The summed E-state index contributed by atoms with van der Waals surface area (Å²) >= 11 is 0. The summed E-state index contributed by atoms with van der Waals surface area (Å²) in [5.41, 5.74) is 0. The molecule has 66 heavy (non-hydrogen) atoms. The molecule has 2 saturated heterocycles. The van der Waals surface area contributed by atoms with Gasteiger partial charge in [0.2, 0.25) is 0 Å². The van der Waals surface area contributed by atoms with Crippen LogP contribution in [0.1, 0.15) is 162 Å². The fourth-order valence-electron chi connectivity index (χ4n) is 7.65. The lowest BCUT2D eigenvalue weighted by atomic mass is 9.98. The number of carbonyl (C=O) groups excluding carboxylic acids is 1. The molecular formula is C52H90O14. The van der Waals surface area contributed by atoms with Gasteiger partial charge in [-0.3, -0.25) is 4.79 Å². The molecule has 0 bridgehead atoms. The summed E-state index contributed by atoms with van der Waals surface area (Å²) < 4.78 is 34.1. The minimum Gasteiger partial charge on any atom is -0.457 e. The molecule has 0 spiro atoms. The molecule has 2 aliphatic heterocycles. The quantitative estimate of drug-likeness (QED) is 0.0183. The highest BCUT2D eigenvalue weighted by Crippen LogP contribution is 2.26. The molecule has 0 amide bonds. The molecule has 0 aliphatic carbocycles. The maximum absolute atomic E-state index is 12.9. The zero-order valence-electron chi connectivity index (χ0n) is 40.4. The number of rotatable bonds is 39. The molecule has 11 unspecified atom stereocenters. The van der Waals surface area contributed by atoms with E-state index in [2.05, 4.69) is 62.5 Å². The zero-order valence-corrected chi connectivity index (χ0v) is 40.4. The molecule has 2 heterocycles. The third-order valence-corrected chi connectivity index (χ3v) is 11.8. The van der Waals surface area contributed by atoms with Crippen molar-refractivity contribution in [3.8, 4) is 0 Å². The first-order valence-corrected chi connectivity index (χ1v) is 25.4. The van der Waals surface area contributed by atoms with Gasteiger partial charge in [-0.25, -0.2) is 0 Å². The van der Waals surface area contributed by atoms with Crippen LogP contribution in [-0.2, 0) is 33.2 Å². The van der Waals surface area contributed by atoms with E-state index >= 15 is 0 Å². The highest BCUT2D eigenvalue weighted by Gasteiger charge is 2.47. The predicted octanol–water partition coefficient (Wildman–Crippen LogP) is 7.35. The Morgan fingerprint density at radius 2 is 0.985 bits per heavy atom. The van der Waals surface area contributed by atoms with Crippen molar-refractivity contribution in [1.29, 1.82) is 0 Å². The van der Waals surface area contributed by atoms with Crippen LogP contribution in [0.2, 0.25) is 0 Å². The van der Waals surface area contributed by atoms with Crippen LogP contribution in [0, 0.1) is 0 Å². The lowest BCUT2D eigenvalue weighted by Crippen LogP contribution is -2.61. The third-order valence-electron chi connectivity index (χ3n) is 11.8. The van der Waals surface area contributed by atoms with Crippen LogP contribution in [0.5, 0.6) is 0 Å². The van der Waals surface area contributed by atoms with Crippen molar-refractivity contribution < 1.29 is 69.0 Å². The van der Waals surface area contributed by atoms with Crippen molar-refractivity contribution >= 4 is 5.97 Å². The highest BCUT2D eigenvalue weighted by molar-refractivity contribution is 5.69. The van der Waals surface area contributed by atoms with Crippen LogP contribution >= 0.6 is 0 Å². The minimum absolute atomic E-state index is 0.0286. The van der Waals surface area contributed by atoms with Gasteiger partial charge in [0.15, 0.2) is 12.6 Å². The molecule has 382 valence electrons. The Balaban J connectivity index is 1.78. The van der Waals surface area contributed by atoms with E-state index in [0.717, 1.165) is 44.9 Å². The van der Waals surface area contributed by atoms with Gasteiger partial charge in [-0.05, 0) is 64.2 Å². The zero-order chi connectivity index (χ0) is 48.0. The van der Waals surface area contributed by atoms with E-state index in [0.29, 0.717) is 13.0 Å². The molecule has 14 heteroatoms. The summed E-state index contributed by atoms with van der Waals surface area (Å²) in [5.74, 6) is -0.458. The number of hydrogen-bond acceptors (Lipinski definition) is 14. The van der Waals surface area contributed by atoms with Crippen LogP contribution in [0.3, 0.4) is 0 Å². The molecule has 2 aliphatic rings. The normalized spacial score (nSPS) is 26.8. The molecule has 0 aromatic carbocycles. The Morgan fingerprint density at radius 3 is 1.55 bits per heavy atom. The summed E-state index contributed by atoms with van der Waals surface area (Å²) in [6.07, 6.45) is 30.2. The van der Waals surface area contributed by atoms with Crippen molar-refractivity contribution in [2.75, 3.05) is 33.0 Å². The first-order valence-electron chi connectivity index (χ1n) is 25.4. The maximum atomic E-state index is 12.9. The molecule has 0 radical (unpaired) electrons. The largest absolute Gasteiger partial charge is 0.457 e. The standard InChI is InChI=1S/C52H90O14/c1-3-5-7-9-11-13-15-17-18-19-20-21-22-24-26-28-30-32-34-36-61-38-41(64-44(54)35-33-31-29-27-25-23-16-14-12-10-8-6-4-2)39-62-51-50(60)48(58)46(56)43(66-51)40-63-52-49(59)47(57)45(55)42(37-53)65-52/h6,8,12,14,18-19,23,25,29,31,41-43,45-53,55-60H,3-5,7,9-11,13,15-17,20-22,24,26-28,30,32-40H2,1-2H3/b8-6-,14-12-,19-18-,25-23-,31-29-. The number of ether oxygens (including phenoxy) is 6. The number of aliphatic hydroxyl groups is 7. The summed E-state index contributed by atoms with van der Waals surface area (Å²) in [5, 5.41) is 72.0. The number of carbonyl (C=O) groups is 1. The first-order chi connectivity index (χ1) is 32.1. The number of esters is 1. The van der Waals surface area contributed by atoms with E-state index in [1.54, 1.807) is 0 Å². The topological polar surface area (TPSA) is 214 Å². The molecule has 0 aromatic heterocycles. The second kappa shape index (κ2) is 39.5. The van der Waals surface area contributed by atoms with Crippen LogP contribution in [0.4, 0.5) is 0 Å². The third kappa shape index (κ3) is 27.0. The average Bonchev–Trinajstić information content (AvgIpc) is 3.31. The molecule has 7 N–H and O–H groups in total. The average molecular weight is 939 g/mol. The van der Waals surface area contributed by atoms with Gasteiger partial charge in [0.1, 0.15) is 54.9 Å². The van der Waals surface area contributed by atoms with Gasteiger partial charge in [-0.15, -0.1) is 0 Å². The number of aliphatic hydroxyl groups excluding tert-OH is 7. The van der Waals surface area contributed by atoms with Gasteiger partial charge < -0.3 is 64.2 Å². The second-order valence-electron chi connectivity index (χ2n) is 17.6. The number of allylic oxidation sites excluding steroid dienone is 10. The van der Waals surface area contributed by atoms with Gasteiger partial charge in [-0.1, -0.05) is 152 Å². The Morgan fingerprint density at radius 1 is 0.515 bits per heavy atom. The van der Waals surface area contributed by atoms with Crippen molar-refractivity contribution in [2.24, 2.45) is 0 Å². The Bertz CT molecular complexity index is 1320. The Kier molecular flexibility index (Phi) is 35.8. The van der Waals surface area contributed by atoms with Crippen molar-refractivity contribution in [1.82, 2.24) is 0 Å². The summed E-state index contributed by atoms with van der Waals surface area (Å²) in [4.78, 5) is 12.9. The first kappa shape index (κ1) is 59.8. The molecule has 0 saturated carbocycles. The molecule has 11 atom stereocenters. The van der Waals surface area contributed by atoms with Crippen LogP contribution in [0.25, 0.3) is 0 Å². The molecule has 2 fully saturated rings. The van der Waals surface area contributed by atoms with Crippen LogP contribution in [-0.4, -0.2) is 142 Å². The maximum Gasteiger partial charge on any atom is 0.306 e. The van der Waals surface area contributed by atoms with Crippen molar-refractivity contribution in [3.63, 3.8) is 0 Å². The number of unbranched alkanes of at least 4 members (excludes halogenated alkanes) is 15. The molecule has 14 nitrogen and oxygen atoms in total. The second-order valence-corrected chi connectivity index (χ2v) is 17.6. The van der Waals surface area contributed by atoms with E-state index in [9.17, 15) is 40.5 Å². The minimum atomic E-state index is -1.72.